The van der Waals surface area contributed by atoms with E-state index in [-0.39, 0.29) is 0 Å². The molecule has 0 saturated heterocycles. The van der Waals surface area contributed by atoms with Crippen molar-refractivity contribution in [3.05, 3.63) is 29.3 Å². The Balaban J connectivity index is 1.80. The van der Waals surface area contributed by atoms with Gasteiger partial charge in [-0.15, -0.1) is 0 Å². The van der Waals surface area contributed by atoms with Crippen LogP contribution in [0.25, 0.3) is 0 Å². The molecule has 0 spiro atoms. The molecule has 1 aromatic rings. The maximum absolute atomic E-state index is 5.21. The molecule has 19 heavy (non-hydrogen) atoms. The predicted molar refractivity (Wildman–Crippen MR) is 87.2 cm³/mol. The van der Waals surface area contributed by atoms with Gasteiger partial charge in [0.1, 0.15) is 0 Å². The SMILES string of the molecule is Cc1cccc(NC(=S)NNC(=S)NC2CC2)c1C. The summed E-state index contributed by atoms with van der Waals surface area (Å²) in [6.45, 7) is 4.14. The molecule has 2 rings (SSSR count). The maximum atomic E-state index is 5.21. The maximum Gasteiger partial charge on any atom is 0.189 e. The third-order valence-corrected chi connectivity index (χ3v) is 3.48. The molecular weight excluding hydrogens is 276 g/mol. The first-order valence-electron chi connectivity index (χ1n) is 6.26. The Morgan fingerprint density at radius 1 is 1.11 bits per heavy atom. The average Bonchev–Trinajstić information content (AvgIpc) is 3.16. The normalized spacial score (nSPS) is 13.6. The van der Waals surface area contributed by atoms with Crippen LogP contribution < -0.4 is 21.5 Å². The van der Waals surface area contributed by atoms with Crippen LogP contribution in [-0.4, -0.2) is 16.3 Å². The van der Waals surface area contributed by atoms with Crippen molar-refractivity contribution in [2.24, 2.45) is 0 Å². The van der Waals surface area contributed by atoms with Crippen molar-refractivity contribution in [3.63, 3.8) is 0 Å². The zero-order valence-electron chi connectivity index (χ0n) is 11.0. The number of benzene rings is 1. The Labute approximate surface area is 124 Å². The lowest BCUT2D eigenvalue weighted by Crippen LogP contribution is -2.48. The molecule has 1 fully saturated rings. The van der Waals surface area contributed by atoms with Crippen LogP contribution in [0.2, 0.25) is 0 Å². The van der Waals surface area contributed by atoms with Gasteiger partial charge in [0.25, 0.3) is 0 Å². The van der Waals surface area contributed by atoms with Gasteiger partial charge in [0, 0.05) is 11.7 Å². The first-order chi connectivity index (χ1) is 9.06. The second-order valence-electron chi connectivity index (χ2n) is 4.70. The van der Waals surface area contributed by atoms with Crippen LogP contribution in [0.5, 0.6) is 0 Å². The van der Waals surface area contributed by atoms with Gasteiger partial charge in [0.15, 0.2) is 10.2 Å². The van der Waals surface area contributed by atoms with Crippen LogP contribution in [0.15, 0.2) is 18.2 Å². The fourth-order valence-electron chi connectivity index (χ4n) is 1.60. The van der Waals surface area contributed by atoms with Gasteiger partial charge >= 0.3 is 0 Å². The monoisotopic (exact) mass is 294 g/mol. The standard InChI is InChI=1S/C13H18N4S2/c1-8-4-3-5-11(9(8)2)15-13(19)17-16-12(18)14-10-6-7-10/h3-5,10H,6-7H2,1-2H3,(H2,14,16,18)(H2,15,17,19). The lowest BCUT2D eigenvalue weighted by molar-refractivity contribution is 0.805. The van der Waals surface area contributed by atoms with Crippen molar-refractivity contribution >= 4 is 40.3 Å². The highest BCUT2D eigenvalue weighted by Crippen LogP contribution is 2.18. The van der Waals surface area contributed by atoms with Crippen LogP contribution in [0.3, 0.4) is 0 Å². The van der Waals surface area contributed by atoms with Gasteiger partial charge in [-0.05, 0) is 68.3 Å². The Hall–Kier alpha value is -1.40. The summed E-state index contributed by atoms with van der Waals surface area (Å²) in [6.07, 6.45) is 2.38. The highest BCUT2D eigenvalue weighted by Gasteiger charge is 2.21. The van der Waals surface area contributed by atoms with Crippen molar-refractivity contribution in [2.45, 2.75) is 32.7 Å². The number of rotatable bonds is 2. The summed E-state index contributed by atoms with van der Waals surface area (Å²) in [7, 11) is 0. The second-order valence-corrected chi connectivity index (χ2v) is 5.52. The van der Waals surface area contributed by atoms with Gasteiger partial charge in [-0.3, -0.25) is 10.9 Å². The molecule has 0 heterocycles. The fourth-order valence-corrected chi connectivity index (χ4v) is 1.98. The van der Waals surface area contributed by atoms with Gasteiger partial charge in [0.05, 0.1) is 0 Å². The first kappa shape index (κ1) is 14.0. The second kappa shape index (κ2) is 6.16. The molecule has 0 unspecified atom stereocenters. The number of thiocarbonyl (C=S) groups is 2. The van der Waals surface area contributed by atoms with E-state index in [1.807, 2.05) is 12.1 Å². The molecule has 102 valence electrons. The number of hydrogen-bond donors (Lipinski definition) is 4. The van der Waals surface area contributed by atoms with Crippen molar-refractivity contribution in [1.29, 1.82) is 0 Å². The molecule has 1 saturated carbocycles. The quantitative estimate of drug-likeness (QED) is 0.495. The van der Waals surface area contributed by atoms with E-state index in [0.29, 0.717) is 16.3 Å². The number of nitrogens with one attached hydrogen (secondary N) is 4. The number of anilines is 1. The molecular formula is C13H18N4S2. The Bertz CT molecular complexity index is 497. The molecule has 0 atom stereocenters. The summed E-state index contributed by atoms with van der Waals surface area (Å²) in [6, 6.07) is 6.60. The van der Waals surface area contributed by atoms with Gasteiger partial charge in [-0.1, -0.05) is 12.1 Å². The van der Waals surface area contributed by atoms with Gasteiger partial charge in [-0.25, -0.2) is 0 Å². The largest absolute Gasteiger partial charge is 0.359 e. The summed E-state index contributed by atoms with van der Waals surface area (Å²) in [5.74, 6) is 0. The third kappa shape index (κ3) is 4.33. The molecule has 0 amide bonds. The first-order valence-corrected chi connectivity index (χ1v) is 7.07. The van der Waals surface area contributed by atoms with E-state index in [1.54, 1.807) is 0 Å². The van der Waals surface area contributed by atoms with Crippen LogP contribution in [-0.2, 0) is 0 Å². The van der Waals surface area contributed by atoms with Crippen molar-refractivity contribution < 1.29 is 0 Å². The molecule has 1 aromatic carbocycles. The third-order valence-electron chi connectivity index (χ3n) is 3.05. The number of hydrogen-bond acceptors (Lipinski definition) is 2. The lowest BCUT2D eigenvalue weighted by atomic mass is 10.1. The van der Waals surface area contributed by atoms with E-state index >= 15 is 0 Å². The van der Waals surface area contributed by atoms with Crippen molar-refractivity contribution in [3.8, 4) is 0 Å². The number of aryl methyl sites for hydroxylation is 1. The summed E-state index contributed by atoms with van der Waals surface area (Å²) < 4.78 is 0. The number of hydrazine groups is 1. The summed E-state index contributed by atoms with van der Waals surface area (Å²) in [4.78, 5) is 0. The van der Waals surface area contributed by atoms with E-state index in [9.17, 15) is 0 Å². The Kier molecular flexibility index (Phi) is 4.55. The van der Waals surface area contributed by atoms with Crippen LogP contribution in [0, 0.1) is 13.8 Å². The molecule has 4 N–H and O–H groups in total. The minimum Gasteiger partial charge on any atom is -0.359 e. The molecule has 1 aliphatic carbocycles. The van der Waals surface area contributed by atoms with Gasteiger partial charge in [-0.2, -0.15) is 0 Å². The van der Waals surface area contributed by atoms with Crippen LogP contribution in [0.1, 0.15) is 24.0 Å². The summed E-state index contributed by atoms with van der Waals surface area (Å²) in [5, 5.41) is 7.38. The van der Waals surface area contributed by atoms with Crippen LogP contribution in [0.4, 0.5) is 5.69 Å². The zero-order chi connectivity index (χ0) is 13.8. The van der Waals surface area contributed by atoms with Crippen LogP contribution >= 0.6 is 24.4 Å². The fraction of sp³-hybridized carbons (Fsp3) is 0.385. The average molecular weight is 294 g/mol. The minimum absolute atomic E-state index is 0.494. The smallest absolute Gasteiger partial charge is 0.189 e. The molecule has 0 radical (unpaired) electrons. The topological polar surface area (TPSA) is 48.1 Å². The highest BCUT2D eigenvalue weighted by molar-refractivity contribution is 7.80. The van der Waals surface area contributed by atoms with E-state index in [1.165, 1.54) is 24.0 Å². The Morgan fingerprint density at radius 3 is 2.47 bits per heavy atom. The molecule has 6 heteroatoms. The zero-order valence-corrected chi connectivity index (χ0v) is 12.7. The predicted octanol–water partition coefficient (Wildman–Crippen LogP) is 2.13. The van der Waals surface area contributed by atoms with Crippen molar-refractivity contribution in [2.75, 3.05) is 5.32 Å². The molecule has 0 aliphatic heterocycles. The van der Waals surface area contributed by atoms with E-state index < -0.39 is 0 Å². The molecule has 4 nitrogen and oxygen atoms in total. The molecule has 0 bridgehead atoms. The van der Waals surface area contributed by atoms with Gasteiger partial charge in [0.2, 0.25) is 0 Å². The van der Waals surface area contributed by atoms with E-state index in [0.717, 1.165) is 5.69 Å². The van der Waals surface area contributed by atoms with E-state index in [4.69, 9.17) is 24.4 Å². The van der Waals surface area contributed by atoms with Crippen molar-refractivity contribution in [1.82, 2.24) is 16.2 Å². The van der Waals surface area contributed by atoms with E-state index in [2.05, 4.69) is 41.4 Å². The molecule has 0 aromatic heterocycles. The highest BCUT2D eigenvalue weighted by atomic mass is 32.1. The summed E-state index contributed by atoms with van der Waals surface area (Å²) in [5.41, 5.74) is 9.17. The molecule has 1 aliphatic rings. The Morgan fingerprint density at radius 2 is 1.79 bits per heavy atom. The summed E-state index contributed by atoms with van der Waals surface area (Å²) >= 11 is 10.3. The minimum atomic E-state index is 0.494. The van der Waals surface area contributed by atoms with Gasteiger partial charge < -0.3 is 10.6 Å². The lowest BCUT2D eigenvalue weighted by Gasteiger charge is -2.15.